The molecule has 0 aliphatic heterocycles. The van der Waals surface area contributed by atoms with E-state index in [1.807, 2.05) is 32.0 Å². The molecule has 3 heteroatoms. The Labute approximate surface area is 80.0 Å². The van der Waals surface area contributed by atoms with E-state index in [0.29, 0.717) is 10.8 Å². The Morgan fingerprint density at radius 1 is 1.31 bits per heavy atom. The first-order valence-electron chi connectivity index (χ1n) is 4.25. The lowest BCUT2D eigenvalue weighted by Crippen LogP contribution is -2.01. The Morgan fingerprint density at radius 3 is 2.23 bits per heavy atom. The third-order valence-electron chi connectivity index (χ3n) is 1.96. The van der Waals surface area contributed by atoms with Crippen molar-refractivity contribution >= 4 is 9.73 Å². The molecule has 1 rings (SSSR count). The average molecular weight is 197 g/mol. The van der Waals surface area contributed by atoms with E-state index < -0.39 is 9.73 Å². The van der Waals surface area contributed by atoms with Gasteiger partial charge in [-0.2, -0.15) is 0 Å². The SMILES string of the molecule is CC(C)c1ccccc1[S@](C)(=N)=O. The summed E-state index contributed by atoms with van der Waals surface area (Å²) in [4.78, 5) is 0.671. The molecule has 1 aromatic carbocycles. The monoisotopic (exact) mass is 197 g/mol. The maximum absolute atomic E-state index is 11.6. The van der Waals surface area contributed by atoms with Gasteiger partial charge in [-0.3, -0.25) is 0 Å². The molecule has 0 heterocycles. The molecule has 0 fully saturated rings. The lowest BCUT2D eigenvalue weighted by atomic mass is 10.0. The first-order chi connectivity index (χ1) is 5.93. The smallest absolute Gasteiger partial charge is 0.0699 e. The largest absolute Gasteiger partial charge is 0.249 e. The lowest BCUT2D eigenvalue weighted by Gasteiger charge is -2.11. The van der Waals surface area contributed by atoms with Crippen molar-refractivity contribution in [3.05, 3.63) is 29.8 Å². The fourth-order valence-electron chi connectivity index (χ4n) is 1.31. The molecule has 1 atom stereocenters. The van der Waals surface area contributed by atoms with Gasteiger partial charge in [0.1, 0.15) is 0 Å². The molecule has 2 nitrogen and oxygen atoms in total. The van der Waals surface area contributed by atoms with Crippen molar-refractivity contribution < 1.29 is 4.21 Å². The highest BCUT2D eigenvalue weighted by Gasteiger charge is 2.11. The van der Waals surface area contributed by atoms with E-state index in [4.69, 9.17) is 4.78 Å². The van der Waals surface area contributed by atoms with E-state index in [1.54, 1.807) is 6.07 Å². The van der Waals surface area contributed by atoms with Crippen LogP contribution >= 0.6 is 0 Å². The summed E-state index contributed by atoms with van der Waals surface area (Å²) < 4.78 is 19.1. The molecule has 1 N–H and O–H groups in total. The number of benzene rings is 1. The van der Waals surface area contributed by atoms with Crippen LogP contribution in [-0.4, -0.2) is 10.5 Å². The highest BCUT2D eigenvalue weighted by molar-refractivity contribution is 7.91. The Balaban J connectivity index is 3.37. The van der Waals surface area contributed by atoms with Crippen LogP contribution in [0.3, 0.4) is 0 Å². The Bertz CT molecular complexity index is 393. The molecule has 0 radical (unpaired) electrons. The molecule has 0 amide bonds. The molecular weight excluding hydrogens is 182 g/mol. The zero-order valence-electron chi connectivity index (χ0n) is 8.20. The molecule has 0 aliphatic carbocycles. The summed E-state index contributed by atoms with van der Waals surface area (Å²) >= 11 is 0. The van der Waals surface area contributed by atoms with Gasteiger partial charge in [0.05, 0.1) is 14.6 Å². The number of rotatable bonds is 2. The minimum Gasteiger partial charge on any atom is -0.249 e. The van der Waals surface area contributed by atoms with Gasteiger partial charge in [0.15, 0.2) is 0 Å². The van der Waals surface area contributed by atoms with Gasteiger partial charge in [0.25, 0.3) is 0 Å². The number of hydrogen-bond acceptors (Lipinski definition) is 2. The molecule has 1 aromatic rings. The minimum atomic E-state index is -2.58. The van der Waals surface area contributed by atoms with Crippen LogP contribution in [-0.2, 0) is 9.73 Å². The summed E-state index contributed by atoms with van der Waals surface area (Å²) in [5.74, 6) is 0.322. The van der Waals surface area contributed by atoms with Gasteiger partial charge < -0.3 is 0 Å². The van der Waals surface area contributed by atoms with E-state index in [0.717, 1.165) is 5.56 Å². The molecule has 0 aromatic heterocycles. The second-order valence-electron chi connectivity index (χ2n) is 3.54. The summed E-state index contributed by atoms with van der Waals surface area (Å²) in [5, 5.41) is 0. The predicted octanol–water partition coefficient (Wildman–Crippen LogP) is 2.85. The van der Waals surface area contributed by atoms with E-state index >= 15 is 0 Å². The lowest BCUT2D eigenvalue weighted by molar-refractivity contribution is 0.676. The summed E-state index contributed by atoms with van der Waals surface area (Å²) in [6.45, 7) is 4.09. The molecule has 0 bridgehead atoms. The van der Waals surface area contributed by atoms with Gasteiger partial charge in [-0.15, -0.1) is 0 Å². The topological polar surface area (TPSA) is 40.9 Å². The van der Waals surface area contributed by atoms with Gasteiger partial charge >= 0.3 is 0 Å². The standard InChI is InChI=1S/C10H15NOS/c1-8(2)9-6-4-5-7-10(9)13(3,11)12/h4-8,11H,1-3H3/t13-/m1/s1. The van der Waals surface area contributed by atoms with Crippen LogP contribution in [0.1, 0.15) is 25.3 Å². The van der Waals surface area contributed by atoms with Crippen LogP contribution in [0.4, 0.5) is 0 Å². The normalized spacial score (nSPS) is 15.7. The minimum absolute atomic E-state index is 0.322. The second kappa shape index (κ2) is 3.50. The third kappa shape index (κ3) is 2.31. The van der Waals surface area contributed by atoms with E-state index in [9.17, 15) is 4.21 Å². The molecule has 0 saturated heterocycles. The average Bonchev–Trinajstić information content (AvgIpc) is 2.03. The van der Waals surface area contributed by atoms with Gasteiger partial charge in [-0.1, -0.05) is 32.0 Å². The first kappa shape index (κ1) is 10.3. The maximum atomic E-state index is 11.6. The van der Waals surface area contributed by atoms with Crippen molar-refractivity contribution in [2.75, 3.05) is 6.26 Å². The van der Waals surface area contributed by atoms with E-state index in [2.05, 4.69) is 0 Å². The maximum Gasteiger partial charge on any atom is 0.0699 e. The molecule has 0 spiro atoms. The predicted molar refractivity (Wildman–Crippen MR) is 55.6 cm³/mol. The van der Waals surface area contributed by atoms with Gasteiger partial charge in [0, 0.05) is 6.26 Å². The Hall–Kier alpha value is -0.830. The summed E-state index contributed by atoms with van der Waals surface area (Å²) in [6, 6.07) is 7.48. The van der Waals surface area contributed by atoms with Crippen molar-refractivity contribution in [1.29, 1.82) is 4.78 Å². The summed E-state index contributed by atoms with van der Waals surface area (Å²) in [7, 11) is -2.58. The van der Waals surface area contributed by atoms with Crippen LogP contribution in [0.25, 0.3) is 0 Å². The highest BCUT2D eigenvalue weighted by atomic mass is 32.2. The van der Waals surface area contributed by atoms with Crippen LogP contribution < -0.4 is 0 Å². The number of nitrogens with one attached hydrogen (secondary N) is 1. The van der Waals surface area contributed by atoms with Crippen LogP contribution in [0, 0.1) is 4.78 Å². The number of hydrogen-bond donors (Lipinski definition) is 1. The third-order valence-corrected chi connectivity index (χ3v) is 3.17. The van der Waals surface area contributed by atoms with Gasteiger partial charge in [-0.05, 0) is 17.5 Å². The van der Waals surface area contributed by atoms with Crippen molar-refractivity contribution in [3.63, 3.8) is 0 Å². The molecule has 72 valence electrons. The molecule has 13 heavy (non-hydrogen) atoms. The molecule has 0 unspecified atom stereocenters. The van der Waals surface area contributed by atoms with Gasteiger partial charge in [0.2, 0.25) is 0 Å². The van der Waals surface area contributed by atoms with Gasteiger partial charge in [-0.25, -0.2) is 8.99 Å². The Kier molecular flexibility index (Phi) is 2.76. The van der Waals surface area contributed by atoms with E-state index in [1.165, 1.54) is 6.26 Å². The van der Waals surface area contributed by atoms with E-state index in [-0.39, 0.29) is 0 Å². The molecule has 0 saturated carbocycles. The molecular formula is C10H15NOS. The van der Waals surface area contributed by atoms with Crippen molar-refractivity contribution in [1.82, 2.24) is 0 Å². The van der Waals surface area contributed by atoms with Crippen molar-refractivity contribution in [3.8, 4) is 0 Å². The molecule has 0 aliphatic rings. The summed E-state index contributed by atoms with van der Waals surface area (Å²) in [5.41, 5.74) is 1.02. The quantitative estimate of drug-likeness (QED) is 0.778. The second-order valence-corrected chi connectivity index (χ2v) is 5.66. The zero-order chi connectivity index (χ0) is 10.1. The van der Waals surface area contributed by atoms with Crippen LogP contribution in [0.2, 0.25) is 0 Å². The highest BCUT2D eigenvalue weighted by Crippen LogP contribution is 2.23. The first-order valence-corrected chi connectivity index (χ1v) is 6.22. The van der Waals surface area contributed by atoms with Crippen molar-refractivity contribution in [2.24, 2.45) is 0 Å². The van der Waals surface area contributed by atoms with Crippen LogP contribution in [0.5, 0.6) is 0 Å². The van der Waals surface area contributed by atoms with Crippen LogP contribution in [0.15, 0.2) is 29.2 Å². The fourth-order valence-corrected chi connectivity index (χ4v) is 2.40. The van der Waals surface area contributed by atoms with Crippen molar-refractivity contribution in [2.45, 2.75) is 24.7 Å². The fraction of sp³-hybridized carbons (Fsp3) is 0.400. The zero-order valence-corrected chi connectivity index (χ0v) is 9.02. The Morgan fingerprint density at radius 2 is 1.85 bits per heavy atom. The summed E-state index contributed by atoms with van der Waals surface area (Å²) in [6.07, 6.45) is 1.47.